The molecule has 0 saturated heterocycles. The number of aryl methyl sites for hydroxylation is 1. The van der Waals surface area contributed by atoms with Crippen molar-refractivity contribution in [1.82, 2.24) is 19.6 Å². The number of thioether (sulfide) groups is 1. The summed E-state index contributed by atoms with van der Waals surface area (Å²) in [6.45, 7) is 2.10. The third-order valence-electron chi connectivity index (χ3n) is 6.34. The van der Waals surface area contributed by atoms with Crippen molar-refractivity contribution in [2.45, 2.75) is 36.6 Å². The Kier molecular flexibility index (Phi) is 6.34. The maximum Gasteiger partial charge on any atom is 0.253 e. The summed E-state index contributed by atoms with van der Waals surface area (Å²) < 4.78 is 18.0. The van der Waals surface area contributed by atoms with E-state index < -0.39 is 0 Å². The molecular formula is C26H26N4O4S. The van der Waals surface area contributed by atoms with Crippen molar-refractivity contribution in [1.29, 1.82) is 0 Å². The quantitative estimate of drug-likeness (QED) is 0.346. The Morgan fingerprint density at radius 2 is 1.77 bits per heavy atom. The van der Waals surface area contributed by atoms with E-state index in [2.05, 4.69) is 29.1 Å². The van der Waals surface area contributed by atoms with E-state index in [1.54, 1.807) is 43.8 Å². The zero-order valence-corrected chi connectivity index (χ0v) is 20.9. The van der Waals surface area contributed by atoms with Gasteiger partial charge in [-0.2, -0.15) is 4.98 Å². The van der Waals surface area contributed by atoms with Crippen molar-refractivity contribution < 1.29 is 19.0 Å². The summed E-state index contributed by atoms with van der Waals surface area (Å²) >= 11 is 1.56. The molecule has 9 heteroatoms. The van der Waals surface area contributed by atoms with Crippen LogP contribution >= 0.6 is 11.8 Å². The predicted molar refractivity (Wildman–Crippen MR) is 133 cm³/mol. The van der Waals surface area contributed by atoms with Crippen LogP contribution in [0.1, 0.15) is 45.1 Å². The SMILES string of the molecule is COc1cc(C2CC(=O)c3cn4nc(SCc5ccccc5C)nc4nc3C2)cc(OC)c1OC. The smallest absolute Gasteiger partial charge is 0.253 e. The number of carbonyl (C=O) groups is 1. The van der Waals surface area contributed by atoms with Crippen LogP contribution in [0.2, 0.25) is 0 Å². The number of carbonyl (C=O) groups excluding carboxylic acids is 1. The number of ketones is 1. The molecular weight excluding hydrogens is 464 g/mol. The first-order chi connectivity index (χ1) is 17.0. The fraction of sp³-hybridized carbons (Fsp3) is 0.308. The normalized spacial score (nSPS) is 15.2. The van der Waals surface area contributed by atoms with Gasteiger partial charge in [-0.25, -0.2) is 9.50 Å². The zero-order valence-electron chi connectivity index (χ0n) is 20.1. The fourth-order valence-corrected chi connectivity index (χ4v) is 5.31. The van der Waals surface area contributed by atoms with Crippen LogP contribution < -0.4 is 14.2 Å². The molecule has 1 unspecified atom stereocenters. The molecule has 35 heavy (non-hydrogen) atoms. The van der Waals surface area contributed by atoms with Gasteiger partial charge >= 0.3 is 0 Å². The largest absolute Gasteiger partial charge is 0.493 e. The first-order valence-corrected chi connectivity index (χ1v) is 12.3. The van der Waals surface area contributed by atoms with Gasteiger partial charge in [0.05, 0.1) is 32.6 Å². The van der Waals surface area contributed by atoms with Crippen LogP contribution in [0.3, 0.4) is 0 Å². The number of hydrogen-bond donors (Lipinski definition) is 0. The number of rotatable bonds is 7. The third kappa shape index (κ3) is 4.43. The Balaban J connectivity index is 1.43. The van der Waals surface area contributed by atoms with Gasteiger partial charge in [-0.1, -0.05) is 36.0 Å². The molecule has 0 fully saturated rings. The van der Waals surface area contributed by atoms with E-state index in [0.29, 0.717) is 46.6 Å². The molecule has 0 radical (unpaired) electrons. The van der Waals surface area contributed by atoms with Gasteiger partial charge < -0.3 is 14.2 Å². The van der Waals surface area contributed by atoms with E-state index in [1.807, 2.05) is 24.3 Å². The Bertz CT molecular complexity index is 1390. The van der Waals surface area contributed by atoms with Crippen LogP contribution in [0.15, 0.2) is 47.8 Å². The average molecular weight is 491 g/mol. The minimum absolute atomic E-state index is 0.0315. The van der Waals surface area contributed by atoms with Crippen LogP contribution in [0.4, 0.5) is 0 Å². The molecule has 1 aliphatic rings. The number of fused-ring (bicyclic) bond motifs is 2. The summed E-state index contributed by atoms with van der Waals surface area (Å²) in [6.07, 6.45) is 2.73. The van der Waals surface area contributed by atoms with E-state index in [4.69, 9.17) is 19.2 Å². The lowest BCUT2D eigenvalue weighted by Gasteiger charge is -2.24. The van der Waals surface area contributed by atoms with Crippen LogP contribution in [0, 0.1) is 6.92 Å². The number of hydrogen-bond acceptors (Lipinski definition) is 8. The van der Waals surface area contributed by atoms with Gasteiger partial charge in [0.1, 0.15) is 0 Å². The van der Waals surface area contributed by atoms with E-state index in [1.165, 1.54) is 11.1 Å². The Hall–Kier alpha value is -3.59. The molecule has 2 aromatic heterocycles. The Labute approximate surface area is 207 Å². The minimum atomic E-state index is -0.0588. The Morgan fingerprint density at radius 1 is 1.03 bits per heavy atom. The topological polar surface area (TPSA) is 87.8 Å². The molecule has 0 spiro atoms. The van der Waals surface area contributed by atoms with Gasteiger partial charge in [0.2, 0.25) is 10.9 Å². The van der Waals surface area contributed by atoms with Crippen molar-refractivity contribution in [3.05, 3.63) is 70.5 Å². The van der Waals surface area contributed by atoms with E-state index >= 15 is 0 Å². The molecule has 8 nitrogen and oxygen atoms in total. The van der Waals surface area contributed by atoms with Crippen LogP contribution in [0.25, 0.3) is 5.78 Å². The molecule has 180 valence electrons. The number of nitrogens with zero attached hydrogens (tertiary/aromatic N) is 4. The highest BCUT2D eigenvalue weighted by Crippen LogP contribution is 2.42. The van der Waals surface area contributed by atoms with E-state index in [-0.39, 0.29) is 11.7 Å². The van der Waals surface area contributed by atoms with E-state index in [0.717, 1.165) is 17.0 Å². The number of methoxy groups -OCH3 is 3. The highest BCUT2D eigenvalue weighted by molar-refractivity contribution is 7.98. The van der Waals surface area contributed by atoms with Crippen LogP contribution in [-0.2, 0) is 12.2 Å². The van der Waals surface area contributed by atoms with Crippen molar-refractivity contribution in [2.75, 3.05) is 21.3 Å². The molecule has 1 aliphatic carbocycles. The summed E-state index contributed by atoms with van der Waals surface area (Å²) in [5.74, 6) is 2.90. The first kappa shape index (κ1) is 23.2. The predicted octanol–water partition coefficient (Wildman–Crippen LogP) is 4.66. The highest BCUT2D eigenvalue weighted by Gasteiger charge is 2.30. The maximum atomic E-state index is 13.1. The standard InChI is InChI=1S/C26H26N4O4S/c1-15-7-5-6-8-16(15)14-35-26-28-25-27-20-9-17(10-21(31)19(20)13-30(25)29-26)18-11-22(32-2)24(34-4)23(12-18)33-3/h5-8,11-13,17H,9-10,14H2,1-4H3. The lowest BCUT2D eigenvalue weighted by molar-refractivity contribution is 0.0962. The van der Waals surface area contributed by atoms with Crippen LogP contribution in [-0.4, -0.2) is 46.7 Å². The second kappa shape index (κ2) is 9.58. The molecule has 0 bridgehead atoms. The zero-order chi connectivity index (χ0) is 24.5. The number of aromatic nitrogens is 4. The summed E-state index contributed by atoms with van der Waals surface area (Å²) in [5, 5.41) is 5.18. The first-order valence-electron chi connectivity index (χ1n) is 11.3. The molecule has 2 heterocycles. The second-order valence-electron chi connectivity index (χ2n) is 8.44. The second-order valence-corrected chi connectivity index (χ2v) is 9.38. The van der Waals surface area contributed by atoms with Crippen molar-refractivity contribution >= 4 is 23.3 Å². The van der Waals surface area contributed by atoms with Gasteiger partial charge in [-0.15, -0.1) is 5.10 Å². The van der Waals surface area contributed by atoms with Crippen molar-refractivity contribution in [3.63, 3.8) is 0 Å². The molecule has 0 saturated carbocycles. The molecule has 2 aromatic carbocycles. The summed E-state index contributed by atoms with van der Waals surface area (Å²) in [5.41, 5.74) is 4.75. The number of Topliss-reactive ketones (excluding diaryl/α,β-unsaturated/α-hetero) is 1. The summed E-state index contributed by atoms with van der Waals surface area (Å²) in [6, 6.07) is 12.1. The molecule has 0 N–H and O–H groups in total. The molecule has 4 aromatic rings. The monoisotopic (exact) mass is 490 g/mol. The van der Waals surface area contributed by atoms with E-state index in [9.17, 15) is 4.79 Å². The third-order valence-corrected chi connectivity index (χ3v) is 7.23. The van der Waals surface area contributed by atoms with Gasteiger partial charge in [0, 0.05) is 18.4 Å². The van der Waals surface area contributed by atoms with Crippen LogP contribution in [0.5, 0.6) is 17.2 Å². The lowest BCUT2D eigenvalue weighted by Crippen LogP contribution is -2.21. The lowest BCUT2D eigenvalue weighted by atomic mass is 9.82. The number of ether oxygens (including phenoxy) is 3. The Morgan fingerprint density at radius 3 is 2.46 bits per heavy atom. The van der Waals surface area contributed by atoms with Gasteiger partial charge in [-0.05, 0) is 48.1 Å². The van der Waals surface area contributed by atoms with Gasteiger partial charge in [0.25, 0.3) is 5.78 Å². The van der Waals surface area contributed by atoms with Gasteiger partial charge in [0.15, 0.2) is 17.3 Å². The highest BCUT2D eigenvalue weighted by atomic mass is 32.2. The molecule has 0 aliphatic heterocycles. The molecule has 1 atom stereocenters. The maximum absolute atomic E-state index is 13.1. The minimum Gasteiger partial charge on any atom is -0.493 e. The summed E-state index contributed by atoms with van der Waals surface area (Å²) in [7, 11) is 4.74. The number of benzene rings is 2. The van der Waals surface area contributed by atoms with Gasteiger partial charge in [-0.3, -0.25) is 4.79 Å². The average Bonchev–Trinajstić information content (AvgIpc) is 3.27. The summed E-state index contributed by atoms with van der Waals surface area (Å²) in [4.78, 5) is 22.4. The molecule has 0 amide bonds. The molecule has 5 rings (SSSR count). The van der Waals surface area contributed by atoms with Crippen molar-refractivity contribution in [3.8, 4) is 17.2 Å². The fourth-order valence-electron chi connectivity index (χ4n) is 4.41. The van der Waals surface area contributed by atoms with Crippen molar-refractivity contribution in [2.24, 2.45) is 0 Å².